The number of hydrogen-bond donors (Lipinski definition) is 1. The highest BCUT2D eigenvalue weighted by atomic mass is 32.2. The SMILES string of the molecule is CCNC(CCSC)COCC. The van der Waals surface area contributed by atoms with Gasteiger partial charge in [-0.3, -0.25) is 0 Å². The molecular formula is C9H21NOS. The molecule has 0 bridgehead atoms. The fourth-order valence-electron chi connectivity index (χ4n) is 1.05. The van der Waals surface area contributed by atoms with Gasteiger partial charge < -0.3 is 10.1 Å². The second kappa shape index (κ2) is 9.36. The van der Waals surface area contributed by atoms with Gasteiger partial charge in [0, 0.05) is 12.6 Å². The van der Waals surface area contributed by atoms with Gasteiger partial charge in [0.2, 0.25) is 0 Å². The summed E-state index contributed by atoms with van der Waals surface area (Å²) in [6, 6.07) is 0.544. The van der Waals surface area contributed by atoms with E-state index >= 15 is 0 Å². The molecule has 12 heavy (non-hydrogen) atoms. The second-order valence-electron chi connectivity index (χ2n) is 2.70. The third-order valence-corrected chi connectivity index (χ3v) is 2.33. The number of thioether (sulfide) groups is 1. The van der Waals surface area contributed by atoms with E-state index in [1.54, 1.807) is 0 Å². The summed E-state index contributed by atoms with van der Waals surface area (Å²) in [4.78, 5) is 0. The molecule has 0 rings (SSSR count). The molecule has 0 fully saturated rings. The van der Waals surface area contributed by atoms with E-state index in [0.29, 0.717) is 6.04 Å². The summed E-state index contributed by atoms with van der Waals surface area (Å²) in [6.07, 6.45) is 3.35. The second-order valence-corrected chi connectivity index (χ2v) is 3.68. The monoisotopic (exact) mass is 191 g/mol. The van der Waals surface area contributed by atoms with Crippen LogP contribution in [-0.4, -0.2) is 37.8 Å². The molecule has 0 aromatic rings. The van der Waals surface area contributed by atoms with Crippen molar-refractivity contribution < 1.29 is 4.74 Å². The molecule has 0 saturated carbocycles. The highest BCUT2D eigenvalue weighted by Gasteiger charge is 2.05. The Kier molecular flexibility index (Phi) is 9.57. The van der Waals surface area contributed by atoms with Gasteiger partial charge >= 0.3 is 0 Å². The van der Waals surface area contributed by atoms with E-state index in [1.807, 2.05) is 18.7 Å². The molecule has 0 heterocycles. The van der Waals surface area contributed by atoms with Gasteiger partial charge in [-0.25, -0.2) is 0 Å². The zero-order chi connectivity index (χ0) is 9.23. The summed E-state index contributed by atoms with van der Waals surface area (Å²) in [5.41, 5.74) is 0. The molecule has 0 aromatic heterocycles. The van der Waals surface area contributed by atoms with Crippen LogP contribution in [-0.2, 0) is 4.74 Å². The van der Waals surface area contributed by atoms with Gasteiger partial charge in [-0.1, -0.05) is 6.92 Å². The van der Waals surface area contributed by atoms with Crippen molar-refractivity contribution in [3.8, 4) is 0 Å². The van der Waals surface area contributed by atoms with E-state index in [-0.39, 0.29) is 0 Å². The summed E-state index contributed by atoms with van der Waals surface area (Å²) in [5.74, 6) is 1.21. The van der Waals surface area contributed by atoms with Gasteiger partial charge in [0.25, 0.3) is 0 Å². The molecule has 1 atom stereocenters. The minimum Gasteiger partial charge on any atom is -0.380 e. The maximum atomic E-state index is 5.37. The highest BCUT2D eigenvalue weighted by Crippen LogP contribution is 2.00. The maximum absolute atomic E-state index is 5.37. The van der Waals surface area contributed by atoms with Crippen molar-refractivity contribution in [2.45, 2.75) is 26.3 Å². The minimum atomic E-state index is 0.544. The lowest BCUT2D eigenvalue weighted by Crippen LogP contribution is -2.33. The first kappa shape index (κ1) is 12.3. The zero-order valence-corrected chi connectivity index (χ0v) is 9.25. The van der Waals surface area contributed by atoms with Crippen molar-refractivity contribution in [2.75, 3.05) is 31.8 Å². The van der Waals surface area contributed by atoms with Crippen LogP contribution in [0.25, 0.3) is 0 Å². The van der Waals surface area contributed by atoms with Gasteiger partial charge in [0.15, 0.2) is 0 Å². The Labute approximate surface area is 80.4 Å². The smallest absolute Gasteiger partial charge is 0.0619 e. The number of nitrogens with one attached hydrogen (secondary N) is 1. The van der Waals surface area contributed by atoms with E-state index in [2.05, 4.69) is 18.5 Å². The highest BCUT2D eigenvalue weighted by molar-refractivity contribution is 7.98. The molecule has 2 nitrogen and oxygen atoms in total. The third kappa shape index (κ3) is 6.95. The number of likely N-dealkylation sites (N-methyl/N-ethyl adjacent to an activating group) is 1. The van der Waals surface area contributed by atoms with Gasteiger partial charge in [0.05, 0.1) is 6.61 Å². The summed E-state index contributed by atoms with van der Waals surface area (Å²) >= 11 is 1.89. The van der Waals surface area contributed by atoms with Crippen molar-refractivity contribution in [1.82, 2.24) is 5.32 Å². The van der Waals surface area contributed by atoms with Crippen LogP contribution in [0.5, 0.6) is 0 Å². The zero-order valence-electron chi connectivity index (χ0n) is 8.43. The topological polar surface area (TPSA) is 21.3 Å². The van der Waals surface area contributed by atoms with Crippen LogP contribution < -0.4 is 5.32 Å². The van der Waals surface area contributed by atoms with Crippen molar-refractivity contribution in [1.29, 1.82) is 0 Å². The summed E-state index contributed by atoms with van der Waals surface area (Å²) in [6.45, 7) is 6.88. The number of ether oxygens (including phenoxy) is 1. The van der Waals surface area contributed by atoms with Crippen molar-refractivity contribution in [2.24, 2.45) is 0 Å². The predicted octanol–water partition coefficient (Wildman–Crippen LogP) is 1.75. The first-order valence-electron chi connectivity index (χ1n) is 4.65. The van der Waals surface area contributed by atoms with Crippen molar-refractivity contribution in [3.05, 3.63) is 0 Å². The molecule has 0 aromatic carbocycles. The molecule has 0 radical (unpaired) electrons. The van der Waals surface area contributed by atoms with Crippen LogP contribution in [0.3, 0.4) is 0 Å². The van der Waals surface area contributed by atoms with Crippen LogP contribution >= 0.6 is 11.8 Å². The Balaban J connectivity index is 3.40. The lowest BCUT2D eigenvalue weighted by Gasteiger charge is -2.16. The fourth-order valence-corrected chi connectivity index (χ4v) is 1.57. The van der Waals surface area contributed by atoms with Crippen LogP contribution in [0.2, 0.25) is 0 Å². The van der Waals surface area contributed by atoms with Crippen molar-refractivity contribution >= 4 is 11.8 Å². The normalized spacial score (nSPS) is 13.2. The van der Waals surface area contributed by atoms with E-state index in [4.69, 9.17) is 4.74 Å². The van der Waals surface area contributed by atoms with E-state index < -0.39 is 0 Å². The Morgan fingerprint density at radius 3 is 2.67 bits per heavy atom. The van der Waals surface area contributed by atoms with Gasteiger partial charge in [-0.15, -0.1) is 0 Å². The molecule has 0 spiro atoms. The number of rotatable bonds is 8. The average Bonchev–Trinajstić information content (AvgIpc) is 2.10. The molecule has 74 valence electrons. The Morgan fingerprint density at radius 2 is 2.17 bits per heavy atom. The van der Waals surface area contributed by atoms with E-state index in [1.165, 1.54) is 12.2 Å². The molecule has 0 amide bonds. The summed E-state index contributed by atoms with van der Waals surface area (Å²) in [5, 5.41) is 3.41. The van der Waals surface area contributed by atoms with Crippen LogP contribution in [0.1, 0.15) is 20.3 Å². The fraction of sp³-hybridized carbons (Fsp3) is 1.00. The standard InChI is InChI=1S/C9H21NOS/c1-4-10-9(6-7-12-3)8-11-5-2/h9-10H,4-8H2,1-3H3. The molecule has 1 N–H and O–H groups in total. The molecule has 0 aliphatic rings. The van der Waals surface area contributed by atoms with Gasteiger partial charge in [-0.2, -0.15) is 11.8 Å². The third-order valence-electron chi connectivity index (χ3n) is 1.69. The van der Waals surface area contributed by atoms with E-state index in [9.17, 15) is 0 Å². The lowest BCUT2D eigenvalue weighted by molar-refractivity contribution is 0.122. The number of hydrogen-bond acceptors (Lipinski definition) is 3. The van der Waals surface area contributed by atoms with Crippen LogP contribution in [0, 0.1) is 0 Å². The Hall–Kier alpha value is 0.270. The molecule has 1 unspecified atom stereocenters. The molecular weight excluding hydrogens is 170 g/mol. The minimum absolute atomic E-state index is 0.544. The molecule has 0 saturated heterocycles. The first-order valence-corrected chi connectivity index (χ1v) is 6.04. The Morgan fingerprint density at radius 1 is 1.42 bits per heavy atom. The van der Waals surface area contributed by atoms with Crippen molar-refractivity contribution in [3.63, 3.8) is 0 Å². The summed E-state index contributed by atoms with van der Waals surface area (Å²) < 4.78 is 5.37. The van der Waals surface area contributed by atoms with Crippen LogP contribution in [0.4, 0.5) is 0 Å². The average molecular weight is 191 g/mol. The first-order chi connectivity index (χ1) is 5.85. The quantitative estimate of drug-likeness (QED) is 0.631. The predicted molar refractivity (Wildman–Crippen MR) is 57.0 cm³/mol. The molecule has 0 aliphatic heterocycles. The Bertz CT molecular complexity index is 82.6. The largest absolute Gasteiger partial charge is 0.380 e. The van der Waals surface area contributed by atoms with Gasteiger partial charge in [0.1, 0.15) is 0 Å². The van der Waals surface area contributed by atoms with Crippen LogP contribution in [0.15, 0.2) is 0 Å². The lowest BCUT2D eigenvalue weighted by atomic mass is 10.2. The van der Waals surface area contributed by atoms with Gasteiger partial charge in [-0.05, 0) is 31.9 Å². The maximum Gasteiger partial charge on any atom is 0.0619 e. The van der Waals surface area contributed by atoms with E-state index in [0.717, 1.165) is 19.8 Å². The molecule has 0 aliphatic carbocycles. The molecule has 3 heteroatoms. The summed E-state index contributed by atoms with van der Waals surface area (Å²) in [7, 11) is 0.